The summed E-state index contributed by atoms with van der Waals surface area (Å²) in [5.74, 6) is 0.260. The van der Waals surface area contributed by atoms with Crippen LogP contribution in [0.3, 0.4) is 0 Å². The topological polar surface area (TPSA) is 96.6 Å². The van der Waals surface area contributed by atoms with Gasteiger partial charge in [-0.25, -0.2) is 13.1 Å². The van der Waals surface area contributed by atoms with E-state index >= 15 is 0 Å². The van der Waals surface area contributed by atoms with E-state index in [1.165, 1.54) is 0 Å². The summed E-state index contributed by atoms with van der Waals surface area (Å²) >= 11 is 0. The minimum Gasteiger partial charge on any atom is -0.370 e. The maximum atomic E-state index is 10.8. The minimum atomic E-state index is -3.17. The predicted octanol–water partition coefficient (Wildman–Crippen LogP) is 0.889. The predicted molar refractivity (Wildman–Crippen MR) is 89.6 cm³/mol. The number of nitrogens with zero attached hydrogens (tertiary/aromatic N) is 1. The summed E-state index contributed by atoms with van der Waals surface area (Å²) in [4.78, 5) is 4.01. The molecule has 0 bridgehead atoms. The van der Waals surface area contributed by atoms with Crippen molar-refractivity contribution in [1.29, 1.82) is 0 Å². The summed E-state index contributed by atoms with van der Waals surface area (Å²) in [6, 6.07) is 7.71. The van der Waals surface area contributed by atoms with Crippen molar-refractivity contribution >= 4 is 45.6 Å². The van der Waals surface area contributed by atoms with Crippen molar-refractivity contribution in [1.82, 2.24) is 4.72 Å². The van der Waals surface area contributed by atoms with Gasteiger partial charge in [0.15, 0.2) is 5.96 Å². The van der Waals surface area contributed by atoms with Gasteiger partial charge in [0.1, 0.15) is 0 Å². The zero-order chi connectivity index (χ0) is 13.6. The first-order valence-corrected chi connectivity index (χ1v) is 7.34. The van der Waals surface area contributed by atoms with E-state index in [0.29, 0.717) is 0 Å². The standard InChI is InChI=1S/C11H18N4O2S.HI/c1-9-4-3-5-10(8-9)15-11(12)13-6-7-14-18(2,16)17;/h3-5,8,14H,6-7H2,1-2H3,(H3,12,13,15);1H. The average molecular weight is 398 g/mol. The maximum Gasteiger partial charge on any atom is 0.208 e. The molecule has 0 radical (unpaired) electrons. The highest BCUT2D eigenvalue weighted by Crippen LogP contribution is 2.08. The van der Waals surface area contributed by atoms with Crippen molar-refractivity contribution in [3.63, 3.8) is 0 Å². The van der Waals surface area contributed by atoms with Crippen LogP contribution >= 0.6 is 24.0 Å². The van der Waals surface area contributed by atoms with Crippen molar-refractivity contribution < 1.29 is 8.42 Å². The van der Waals surface area contributed by atoms with Gasteiger partial charge in [0.05, 0.1) is 12.8 Å². The van der Waals surface area contributed by atoms with Gasteiger partial charge in [-0.2, -0.15) is 0 Å². The number of anilines is 1. The molecule has 0 aliphatic rings. The summed E-state index contributed by atoms with van der Waals surface area (Å²) in [5.41, 5.74) is 7.64. The van der Waals surface area contributed by atoms with Crippen molar-refractivity contribution in [3.05, 3.63) is 29.8 Å². The zero-order valence-electron chi connectivity index (χ0n) is 10.9. The quantitative estimate of drug-likeness (QED) is 0.297. The molecule has 0 unspecified atom stereocenters. The number of nitrogens with two attached hydrogens (primary N) is 1. The molecule has 0 amide bonds. The molecule has 1 rings (SSSR count). The van der Waals surface area contributed by atoms with Crippen LogP contribution in [0, 0.1) is 6.92 Å². The van der Waals surface area contributed by atoms with Gasteiger partial charge < -0.3 is 11.1 Å². The Morgan fingerprint density at radius 1 is 1.42 bits per heavy atom. The van der Waals surface area contributed by atoms with Gasteiger partial charge in [-0.1, -0.05) is 12.1 Å². The number of sulfonamides is 1. The van der Waals surface area contributed by atoms with E-state index in [2.05, 4.69) is 15.0 Å². The van der Waals surface area contributed by atoms with Crippen LogP contribution in [0.1, 0.15) is 5.56 Å². The molecule has 8 heteroatoms. The molecule has 0 spiro atoms. The van der Waals surface area contributed by atoms with Gasteiger partial charge in [0, 0.05) is 12.2 Å². The largest absolute Gasteiger partial charge is 0.370 e. The van der Waals surface area contributed by atoms with Crippen molar-refractivity contribution in [2.75, 3.05) is 24.7 Å². The number of rotatable bonds is 5. The molecular formula is C11H19IN4O2S. The van der Waals surface area contributed by atoms with Gasteiger partial charge in [-0.15, -0.1) is 24.0 Å². The Kier molecular flexibility index (Phi) is 7.95. The minimum absolute atomic E-state index is 0. The second kappa shape index (κ2) is 8.33. The van der Waals surface area contributed by atoms with Crippen LogP contribution in [0.25, 0.3) is 0 Å². The molecule has 19 heavy (non-hydrogen) atoms. The third-order valence-electron chi connectivity index (χ3n) is 2.05. The van der Waals surface area contributed by atoms with Crippen LogP contribution in [0.15, 0.2) is 29.3 Å². The third-order valence-corrected chi connectivity index (χ3v) is 2.78. The van der Waals surface area contributed by atoms with Gasteiger partial charge in [0.25, 0.3) is 0 Å². The van der Waals surface area contributed by atoms with Gasteiger partial charge in [-0.05, 0) is 24.6 Å². The molecule has 0 heterocycles. The molecular weight excluding hydrogens is 379 g/mol. The lowest BCUT2D eigenvalue weighted by Gasteiger charge is -2.06. The summed E-state index contributed by atoms with van der Waals surface area (Å²) in [6.45, 7) is 2.50. The molecule has 0 fully saturated rings. The third kappa shape index (κ3) is 8.78. The van der Waals surface area contributed by atoms with E-state index in [4.69, 9.17) is 5.73 Å². The molecule has 4 N–H and O–H groups in total. The fourth-order valence-corrected chi connectivity index (χ4v) is 1.78. The fraction of sp³-hybridized carbons (Fsp3) is 0.364. The lowest BCUT2D eigenvalue weighted by Crippen LogP contribution is -2.27. The monoisotopic (exact) mass is 398 g/mol. The van der Waals surface area contributed by atoms with Crippen LogP contribution in [0.5, 0.6) is 0 Å². The lowest BCUT2D eigenvalue weighted by atomic mass is 10.2. The van der Waals surface area contributed by atoms with Crippen molar-refractivity contribution in [3.8, 4) is 0 Å². The molecule has 108 valence electrons. The Labute approximate surface area is 130 Å². The summed E-state index contributed by atoms with van der Waals surface area (Å²) in [5, 5.41) is 2.93. The first-order valence-electron chi connectivity index (χ1n) is 5.45. The van der Waals surface area contributed by atoms with Crippen LogP contribution in [-0.4, -0.2) is 33.7 Å². The average Bonchev–Trinajstić information content (AvgIpc) is 2.23. The van der Waals surface area contributed by atoms with E-state index in [-0.39, 0.29) is 43.0 Å². The van der Waals surface area contributed by atoms with E-state index in [9.17, 15) is 8.42 Å². The van der Waals surface area contributed by atoms with Crippen molar-refractivity contribution in [2.45, 2.75) is 6.92 Å². The fourth-order valence-electron chi connectivity index (χ4n) is 1.32. The number of benzene rings is 1. The van der Waals surface area contributed by atoms with Crippen LogP contribution in [-0.2, 0) is 10.0 Å². The van der Waals surface area contributed by atoms with Gasteiger partial charge in [-0.3, -0.25) is 4.99 Å². The number of aryl methyl sites for hydroxylation is 1. The highest BCUT2D eigenvalue weighted by molar-refractivity contribution is 14.0. The number of hydrogen-bond acceptors (Lipinski definition) is 3. The Morgan fingerprint density at radius 2 is 2.11 bits per heavy atom. The van der Waals surface area contributed by atoms with Crippen LogP contribution in [0.2, 0.25) is 0 Å². The second-order valence-corrected chi connectivity index (χ2v) is 5.76. The normalized spacial score (nSPS) is 11.8. The first-order chi connectivity index (χ1) is 8.37. The number of guanidine groups is 1. The summed E-state index contributed by atoms with van der Waals surface area (Å²) in [6.07, 6.45) is 1.10. The van der Waals surface area contributed by atoms with E-state index in [0.717, 1.165) is 17.5 Å². The number of aliphatic imine (C=N–C) groups is 1. The Bertz CT molecular complexity index is 531. The smallest absolute Gasteiger partial charge is 0.208 e. The molecule has 0 aliphatic heterocycles. The molecule has 1 aromatic rings. The molecule has 0 atom stereocenters. The SMILES string of the molecule is Cc1cccc(NC(N)=NCCNS(C)(=O)=O)c1.I. The number of hydrogen-bond donors (Lipinski definition) is 3. The lowest BCUT2D eigenvalue weighted by molar-refractivity contribution is 0.588. The van der Waals surface area contributed by atoms with E-state index < -0.39 is 10.0 Å². The molecule has 0 aliphatic carbocycles. The molecule has 6 nitrogen and oxygen atoms in total. The maximum absolute atomic E-state index is 10.8. The molecule has 0 saturated heterocycles. The first kappa shape index (κ1) is 18.1. The summed E-state index contributed by atoms with van der Waals surface area (Å²) in [7, 11) is -3.17. The second-order valence-electron chi connectivity index (χ2n) is 3.93. The number of nitrogens with one attached hydrogen (secondary N) is 2. The zero-order valence-corrected chi connectivity index (χ0v) is 14.0. The Morgan fingerprint density at radius 3 is 2.68 bits per heavy atom. The summed E-state index contributed by atoms with van der Waals surface area (Å²) < 4.78 is 23.9. The van der Waals surface area contributed by atoms with Gasteiger partial charge in [0.2, 0.25) is 10.0 Å². The van der Waals surface area contributed by atoms with Crippen molar-refractivity contribution in [2.24, 2.45) is 10.7 Å². The highest BCUT2D eigenvalue weighted by atomic mass is 127. The molecule has 0 saturated carbocycles. The van der Waals surface area contributed by atoms with E-state index in [1.807, 2.05) is 31.2 Å². The highest BCUT2D eigenvalue weighted by Gasteiger charge is 1.98. The molecule has 1 aromatic carbocycles. The van der Waals surface area contributed by atoms with E-state index in [1.54, 1.807) is 0 Å². The number of halogens is 1. The van der Waals surface area contributed by atoms with Crippen LogP contribution in [0.4, 0.5) is 5.69 Å². The Balaban J connectivity index is 0.00000324. The molecule has 0 aromatic heterocycles. The Hall–Kier alpha value is -0.870. The van der Waals surface area contributed by atoms with Gasteiger partial charge >= 0.3 is 0 Å². The van der Waals surface area contributed by atoms with Crippen LogP contribution < -0.4 is 15.8 Å².